The third kappa shape index (κ3) is 6.95. The van der Waals surface area contributed by atoms with Crippen LogP contribution in [0.1, 0.15) is 42.4 Å². The predicted molar refractivity (Wildman–Crippen MR) is 125 cm³/mol. The number of rotatable bonds is 9. The highest BCUT2D eigenvalue weighted by atomic mass is 19.4. The Labute approximate surface area is 201 Å². The first-order valence-electron chi connectivity index (χ1n) is 11.2. The average molecular weight is 487 g/mol. The molecule has 184 valence electrons. The summed E-state index contributed by atoms with van der Waals surface area (Å²) in [6.45, 7) is 5.65. The summed E-state index contributed by atoms with van der Waals surface area (Å²) in [7, 11) is 0. The molecule has 0 aromatic heterocycles. The third-order valence-corrected chi connectivity index (χ3v) is 5.95. The van der Waals surface area contributed by atoms with Gasteiger partial charge in [-0.1, -0.05) is 35.9 Å². The van der Waals surface area contributed by atoms with E-state index in [0.717, 1.165) is 17.2 Å². The summed E-state index contributed by atoms with van der Waals surface area (Å²) < 4.78 is 56.4. The topological polar surface area (TPSA) is 62.1 Å². The summed E-state index contributed by atoms with van der Waals surface area (Å²) in [5.41, 5.74) is 2.19. The number of alkyl halides is 3. The molecular formula is C27H26F4N2O2. The lowest BCUT2D eigenvalue weighted by molar-refractivity contribution is -0.136. The summed E-state index contributed by atoms with van der Waals surface area (Å²) in [5.74, 6) is -0.919. The van der Waals surface area contributed by atoms with Gasteiger partial charge in [-0.3, -0.25) is 4.79 Å². The van der Waals surface area contributed by atoms with E-state index in [0.29, 0.717) is 30.4 Å². The van der Waals surface area contributed by atoms with Crippen LogP contribution in [-0.4, -0.2) is 24.2 Å². The van der Waals surface area contributed by atoms with Crippen LogP contribution >= 0.6 is 0 Å². The summed E-state index contributed by atoms with van der Waals surface area (Å²) in [6.07, 6.45) is -2.80. The van der Waals surface area contributed by atoms with Gasteiger partial charge < -0.3 is 10.1 Å². The van der Waals surface area contributed by atoms with Crippen LogP contribution in [-0.2, 0) is 11.2 Å². The fourth-order valence-electron chi connectivity index (χ4n) is 4.05. The van der Waals surface area contributed by atoms with Crippen LogP contribution in [0.25, 0.3) is 5.57 Å². The molecule has 0 unspecified atom stereocenters. The zero-order valence-corrected chi connectivity index (χ0v) is 19.3. The molecule has 3 rings (SSSR count). The number of ether oxygens (including phenoxy) is 1. The van der Waals surface area contributed by atoms with Crippen molar-refractivity contribution in [3.8, 4) is 11.8 Å². The van der Waals surface area contributed by atoms with Gasteiger partial charge in [0.1, 0.15) is 23.2 Å². The zero-order chi connectivity index (χ0) is 25.6. The van der Waals surface area contributed by atoms with Crippen LogP contribution in [0.3, 0.4) is 0 Å². The van der Waals surface area contributed by atoms with Crippen LogP contribution in [0.15, 0.2) is 60.7 Å². The average Bonchev–Trinajstić information content (AvgIpc) is 2.80. The summed E-state index contributed by atoms with van der Waals surface area (Å²) >= 11 is 0. The van der Waals surface area contributed by atoms with E-state index in [2.05, 4.69) is 11.9 Å². The summed E-state index contributed by atoms with van der Waals surface area (Å²) in [4.78, 5) is 12.8. The van der Waals surface area contributed by atoms with Crippen molar-refractivity contribution >= 4 is 11.5 Å². The molecule has 0 fully saturated rings. The van der Waals surface area contributed by atoms with Crippen molar-refractivity contribution in [2.75, 3.05) is 6.61 Å². The van der Waals surface area contributed by atoms with Crippen molar-refractivity contribution in [3.63, 3.8) is 0 Å². The minimum absolute atomic E-state index is 0.0478. The lowest BCUT2D eigenvalue weighted by Gasteiger charge is -2.37. The summed E-state index contributed by atoms with van der Waals surface area (Å²) in [5, 5.41) is 12.5. The van der Waals surface area contributed by atoms with Crippen LogP contribution in [0.5, 0.6) is 5.75 Å². The smallest absolute Gasteiger partial charge is 0.389 e. The fourth-order valence-corrected chi connectivity index (χ4v) is 4.05. The number of nitriles is 1. The summed E-state index contributed by atoms with van der Waals surface area (Å²) in [6, 6.07) is 13.6. The van der Waals surface area contributed by atoms with E-state index in [9.17, 15) is 27.6 Å². The number of amides is 1. The number of nitrogens with zero attached hydrogens (tertiary/aromatic N) is 1. The monoisotopic (exact) mass is 486 g/mol. The molecular weight excluding hydrogens is 460 g/mol. The van der Waals surface area contributed by atoms with Gasteiger partial charge in [0.25, 0.3) is 5.91 Å². The van der Waals surface area contributed by atoms with E-state index in [4.69, 9.17) is 4.74 Å². The van der Waals surface area contributed by atoms with Crippen molar-refractivity contribution in [3.05, 3.63) is 83.2 Å². The van der Waals surface area contributed by atoms with E-state index in [-0.39, 0.29) is 24.4 Å². The van der Waals surface area contributed by atoms with Crippen LogP contribution in [0, 0.1) is 24.1 Å². The quantitative estimate of drug-likeness (QED) is 0.260. The van der Waals surface area contributed by atoms with Crippen molar-refractivity contribution in [1.29, 1.82) is 5.26 Å². The molecule has 0 radical (unpaired) electrons. The van der Waals surface area contributed by atoms with Gasteiger partial charge >= 0.3 is 6.18 Å². The highest BCUT2D eigenvalue weighted by Gasteiger charge is 2.37. The fraction of sp³-hybridized carbons (Fsp3) is 0.333. The van der Waals surface area contributed by atoms with Crippen molar-refractivity contribution in [1.82, 2.24) is 5.32 Å². The molecule has 0 spiro atoms. The molecule has 1 atom stereocenters. The predicted octanol–water partition coefficient (Wildman–Crippen LogP) is 6.21. The first-order valence-corrected chi connectivity index (χ1v) is 11.2. The minimum atomic E-state index is -4.27. The number of hydrogen-bond acceptors (Lipinski definition) is 3. The Morgan fingerprint density at radius 3 is 2.57 bits per heavy atom. The van der Waals surface area contributed by atoms with E-state index in [1.54, 1.807) is 12.1 Å². The van der Waals surface area contributed by atoms with Gasteiger partial charge in [0, 0.05) is 18.9 Å². The Kier molecular flexibility index (Phi) is 8.00. The third-order valence-electron chi connectivity index (χ3n) is 5.95. The Morgan fingerprint density at radius 1 is 1.23 bits per heavy atom. The highest BCUT2D eigenvalue weighted by Crippen LogP contribution is 2.36. The maximum atomic E-state index is 14.2. The number of carbonyl (C=O) groups is 1. The van der Waals surface area contributed by atoms with E-state index in [1.165, 1.54) is 6.07 Å². The lowest BCUT2D eigenvalue weighted by Crippen LogP contribution is -2.51. The Morgan fingerprint density at radius 2 is 1.94 bits per heavy atom. The SMILES string of the molecule is C=C[C@]1(CCc2cc(F)cc(OCCCC(F)(F)F)c2)CC(c2ccc(C)cc2)=C(C#N)C(=O)N1. The Balaban J connectivity index is 1.75. The Bertz CT molecular complexity index is 1160. The lowest BCUT2D eigenvalue weighted by atomic mass is 9.78. The minimum Gasteiger partial charge on any atom is -0.493 e. The van der Waals surface area contributed by atoms with Crippen molar-refractivity contribution < 1.29 is 27.1 Å². The van der Waals surface area contributed by atoms with Crippen LogP contribution in [0.4, 0.5) is 17.6 Å². The molecule has 1 heterocycles. The van der Waals surface area contributed by atoms with Crippen molar-refractivity contribution in [2.45, 2.75) is 50.7 Å². The molecule has 1 aliphatic heterocycles. The second kappa shape index (κ2) is 10.8. The second-order valence-corrected chi connectivity index (χ2v) is 8.68. The maximum absolute atomic E-state index is 14.2. The molecule has 1 N–H and O–H groups in total. The molecule has 2 aromatic carbocycles. The molecule has 1 amide bonds. The highest BCUT2D eigenvalue weighted by molar-refractivity contribution is 6.07. The molecule has 0 aliphatic carbocycles. The van der Waals surface area contributed by atoms with Crippen LogP contribution < -0.4 is 10.1 Å². The van der Waals surface area contributed by atoms with Gasteiger partial charge in [-0.15, -0.1) is 6.58 Å². The van der Waals surface area contributed by atoms with Gasteiger partial charge in [-0.05, 0) is 55.0 Å². The molecule has 1 aliphatic rings. The number of carbonyl (C=O) groups excluding carboxylic acids is 1. The standard InChI is InChI=1S/C27H26F4N2O2/c1-3-26(16-23(24(17-32)25(34)33-26)20-7-5-18(2)6-8-20)11-9-19-13-21(28)15-22(14-19)35-12-4-10-27(29,30)31/h3,5-8,13-15H,1,4,9-12,16H2,2H3,(H,33,34)/t26-/m0/s1. The van der Waals surface area contributed by atoms with Gasteiger partial charge in [0.2, 0.25) is 0 Å². The molecule has 0 saturated heterocycles. The van der Waals surface area contributed by atoms with Gasteiger partial charge in [0.15, 0.2) is 0 Å². The first kappa shape index (κ1) is 26.0. The number of aryl methyl sites for hydroxylation is 2. The molecule has 0 bridgehead atoms. The van der Waals surface area contributed by atoms with Crippen molar-refractivity contribution in [2.24, 2.45) is 0 Å². The van der Waals surface area contributed by atoms with Crippen LogP contribution in [0.2, 0.25) is 0 Å². The van der Waals surface area contributed by atoms with Gasteiger partial charge in [0.05, 0.1) is 12.1 Å². The molecule has 35 heavy (non-hydrogen) atoms. The largest absolute Gasteiger partial charge is 0.493 e. The molecule has 4 nitrogen and oxygen atoms in total. The molecule has 2 aromatic rings. The second-order valence-electron chi connectivity index (χ2n) is 8.68. The first-order chi connectivity index (χ1) is 16.5. The van der Waals surface area contributed by atoms with Gasteiger partial charge in [-0.25, -0.2) is 4.39 Å². The number of nitrogens with one attached hydrogen (secondary N) is 1. The van der Waals surface area contributed by atoms with E-state index >= 15 is 0 Å². The maximum Gasteiger partial charge on any atom is 0.389 e. The Hall–Kier alpha value is -3.60. The number of benzene rings is 2. The van der Waals surface area contributed by atoms with E-state index < -0.39 is 29.9 Å². The zero-order valence-electron chi connectivity index (χ0n) is 19.3. The van der Waals surface area contributed by atoms with Gasteiger partial charge in [-0.2, -0.15) is 18.4 Å². The van der Waals surface area contributed by atoms with E-state index in [1.807, 2.05) is 37.3 Å². The molecule has 0 saturated carbocycles. The normalized spacial score (nSPS) is 18.1. The molecule has 8 heteroatoms. The number of hydrogen-bond donors (Lipinski definition) is 1. The number of halogens is 4.